The first-order valence-electron chi connectivity index (χ1n) is 9.21. The van der Waals surface area contributed by atoms with Gasteiger partial charge in [-0.15, -0.1) is 0 Å². The van der Waals surface area contributed by atoms with Crippen molar-refractivity contribution in [3.63, 3.8) is 0 Å². The summed E-state index contributed by atoms with van der Waals surface area (Å²) in [7, 11) is 0. The summed E-state index contributed by atoms with van der Waals surface area (Å²) in [5.74, 6) is 1.34. The molecular weight excluding hydrogens is 302 g/mol. The molecule has 1 aromatic heterocycles. The van der Waals surface area contributed by atoms with Crippen LogP contribution in [0.1, 0.15) is 18.4 Å². The highest BCUT2D eigenvalue weighted by Gasteiger charge is 2.23. The van der Waals surface area contributed by atoms with Crippen LogP contribution >= 0.6 is 0 Å². The van der Waals surface area contributed by atoms with E-state index in [2.05, 4.69) is 23.1 Å². The minimum absolute atomic E-state index is 0.555. The van der Waals surface area contributed by atoms with Gasteiger partial charge in [0, 0.05) is 38.2 Å². The molecule has 2 aliphatic heterocycles. The van der Waals surface area contributed by atoms with E-state index in [1.807, 2.05) is 6.07 Å². The number of furan rings is 1. The Morgan fingerprint density at radius 2 is 1.92 bits per heavy atom. The van der Waals surface area contributed by atoms with E-state index >= 15 is 0 Å². The van der Waals surface area contributed by atoms with E-state index in [9.17, 15) is 0 Å². The van der Waals surface area contributed by atoms with Crippen molar-refractivity contribution in [2.24, 2.45) is 11.8 Å². The van der Waals surface area contributed by atoms with Crippen LogP contribution in [0.5, 0.6) is 0 Å². The summed E-state index contributed by atoms with van der Waals surface area (Å²) in [5.41, 5.74) is 2.33. The summed E-state index contributed by atoms with van der Waals surface area (Å²) in [5, 5.41) is 1.18. The molecule has 4 rings (SSSR count). The third-order valence-corrected chi connectivity index (χ3v) is 5.32. The van der Waals surface area contributed by atoms with Crippen LogP contribution in [-0.2, 0) is 15.9 Å². The molecule has 130 valence electrons. The maximum absolute atomic E-state index is 5.88. The lowest BCUT2D eigenvalue weighted by molar-refractivity contribution is 0.0512. The molecule has 1 aromatic carbocycles. The van der Waals surface area contributed by atoms with Gasteiger partial charge in [-0.2, -0.15) is 0 Å². The predicted molar refractivity (Wildman–Crippen MR) is 94.2 cm³/mol. The zero-order chi connectivity index (χ0) is 16.2. The summed E-state index contributed by atoms with van der Waals surface area (Å²) < 4.78 is 16.9. The van der Waals surface area contributed by atoms with Crippen LogP contribution in [0, 0.1) is 11.8 Å². The first kappa shape index (κ1) is 16.1. The van der Waals surface area contributed by atoms with E-state index in [1.54, 1.807) is 6.26 Å². The molecule has 24 heavy (non-hydrogen) atoms. The molecule has 0 N–H and O–H groups in total. The van der Waals surface area contributed by atoms with Crippen molar-refractivity contribution in [1.29, 1.82) is 0 Å². The number of hydrogen-bond acceptors (Lipinski definition) is 4. The molecule has 0 amide bonds. The number of fused-ring (bicyclic) bond motifs is 1. The third-order valence-electron chi connectivity index (χ3n) is 5.32. The highest BCUT2D eigenvalue weighted by Crippen LogP contribution is 2.22. The van der Waals surface area contributed by atoms with Crippen molar-refractivity contribution in [3.05, 3.63) is 36.1 Å². The standard InChI is InChI=1S/C20H27NO3/c1-2-19-5-9-24-20(19)12-17(1)11-18-14-21(6-10-23-15-18)13-16-3-7-22-8-4-16/h1-2,5,9,12,16,18H,3-4,6-8,10-11,13-15H2/t18-/m0/s1. The number of rotatable bonds is 4. The molecule has 0 bridgehead atoms. The number of ether oxygens (including phenoxy) is 2. The first-order chi connectivity index (χ1) is 11.9. The van der Waals surface area contributed by atoms with Gasteiger partial charge >= 0.3 is 0 Å². The zero-order valence-corrected chi connectivity index (χ0v) is 14.3. The largest absolute Gasteiger partial charge is 0.464 e. The van der Waals surface area contributed by atoms with Gasteiger partial charge in [0.2, 0.25) is 0 Å². The van der Waals surface area contributed by atoms with Gasteiger partial charge in [-0.1, -0.05) is 12.1 Å². The van der Waals surface area contributed by atoms with Gasteiger partial charge in [0.15, 0.2) is 0 Å². The number of benzene rings is 1. The molecule has 3 heterocycles. The van der Waals surface area contributed by atoms with Crippen LogP contribution in [0.15, 0.2) is 34.9 Å². The van der Waals surface area contributed by atoms with Gasteiger partial charge in [0.25, 0.3) is 0 Å². The van der Waals surface area contributed by atoms with E-state index in [0.29, 0.717) is 5.92 Å². The maximum atomic E-state index is 5.88. The fraction of sp³-hybridized carbons (Fsp3) is 0.600. The summed E-state index contributed by atoms with van der Waals surface area (Å²) in [6.07, 6.45) is 5.23. The molecule has 0 radical (unpaired) electrons. The molecule has 0 saturated carbocycles. The Balaban J connectivity index is 1.38. The molecule has 0 unspecified atom stereocenters. The average molecular weight is 329 g/mol. The molecule has 2 saturated heterocycles. The second-order valence-electron chi connectivity index (χ2n) is 7.25. The van der Waals surface area contributed by atoms with Crippen molar-refractivity contribution >= 4 is 11.0 Å². The Bertz CT molecular complexity index is 647. The predicted octanol–water partition coefficient (Wildman–Crippen LogP) is 3.35. The fourth-order valence-corrected chi connectivity index (χ4v) is 4.00. The average Bonchev–Trinajstić information content (AvgIpc) is 2.96. The fourth-order valence-electron chi connectivity index (χ4n) is 4.00. The van der Waals surface area contributed by atoms with Crippen molar-refractivity contribution in [2.75, 3.05) is 46.1 Å². The molecule has 2 fully saturated rings. The van der Waals surface area contributed by atoms with Gasteiger partial charge in [0.1, 0.15) is 5.58 Å². The second kappa shape index (κ2) is 7.68. The lowest BCUT2D eigenvalue weighted by atomic mass is 9.96. The summed E-state index contributed by atoms with van der Waals surface area (Å²) in [6, 6.07) is 8.59. The molecule has 2 aliphatic rings. The van der Waals surface area contributed by atoms with E-state index in [1.165, 1.54) is 30.3 Å². The molecule has 2 aromatic rings. The van der Waals surface area contributed by atoms with E-state index in [-0.39, 0.29) is 0 Å². The number of nitrogens with zero attached hydrogens (tertiary/aromatic N) is 1. The lowest BCUT2D eigenvalue weighted by Gasteiger charge is -2.30. The van der Waals surface area contributed by atoms with Crippen molar-refractivity contribution in [2.45, 2.75) is 19.3 Å². The van der Waals surface area contributed by atoms with E-state index in [4.69, 9.17) is 13.9 Å². The quantitative estimate of drug-likeness (QED) is 0.862. The topological polar surface area (TPSA) is 34.8 Å². The summed E-state index contributed by atoms with van der Waals surface area (Å²) >= 11 is 0. The Hall–Kier alpha value is -1.36. The molecule has 4 nitrogen and oxygen atoms in total. The highest BCUT2D eigenvalue weighted by molar-refractivity contribution is 5.77. The molecule has 0 spiro atoms. The smallest absolute Gasteiger partial charge is 0.134 e. The highest BCUT2D eigenvalue weighted by atomic mass is 16.5. The second-order valence-corrected chi connectivity index (χ2v) is 7.25. The normalized spacial score (nSPS) is 24.2. The Kier molecular flexibility index (Phi) is 5.16. The Morgan fingerprint density at radius 3 is 2.83 bits per heavy atom. The van der Waals surface area contributed by atoms with Crippen molar-refractivity contribution in [1.82, 2.24) is 4.90 Å². The Labute approximate surface area is 143 Å². The van der Waals surface area contributed by atoms with Crippen LogP contribution in [0.2, 0.25) is 0 Å². The zero-order valence-electron chi connectivity index (χ0n) is 14.3. The third kappa shape index (κ3) is 4.00. The Morgan fingerprint density at radius 1 is 1.00 bits per heavy atom. The lowest BCUT2D eigenvalue weighted by Crippen LogP contribution is -2.36. The van der Waals surface area contributed by atoms with E-state index < -0.39 is 0 Å². The van der Waals surface area contributed by atoms with Gasteiger partial charge in [0.05, 0.1) is 19.5 Å². The number of hydrogen-bond donors (Lipinski definition) is 0. The molecular formula is C20H27NO3. The van der Waals surface area contributed by atoms with Crippen molar-refractivity contribution in [3.8, 4) is 0 Å². The first-order valence-corrected chi connectivity index (χ1v) is 9.21. The van der Waals surface area contributed by atoms with Gasteiger partial charge in [-0.3, -0.25) is 0 Å². The van der Waals surface area contributed by atoms with Crippen molar-refractivity contribution < 1.29 is 13.9 Å². The van der Waals surface area contributed by atoms with Crippen LogP contribution in [0.3, 0.4) is 0 Å². The van der Waals surface area contributed by atoms with Crippen LogP contribution < -0.4 is 0 Å². The van der Waals surface area contributed by atoms with E-state index in [0.717, 1.165) is 57.4 Å². The van der Waals surface area contributed by atoms with Gasteiger partial charge in [-0.05, 0) is 48.8 Å². The molecule has 1 atom stereocenters. The SMILES string of the molecule is c1cc2ccc(C[C@@H]3COCCN(CC4CCOCC4)C3)cc2o1. The van der Waals surface area contributed by atoms with Crippen LogP contribution in [-0.4, -0.2) is 51.0 Å². The van der Waals surface area contributed by atoms with Gasteiger partial charge in [-0.25, -0.2) is 0 Å². The van der Waals surface area contributed by atoms with Crippen LogP contribution in [0.25, 0.3) is 11.0 Å². The summed E-state index contributed by atoms with van der Waals surface area (Å²) in [4.78, 5) is 2.61. The summed E-state index contributed by atoms with van der Waals surface area (Å²) in [6.45, 7) is 6.97. The minimum atomic E-state index is 0.555. The minimum Gasteiger partial charge on any atom is -0.464 e. The molecule has 0 aliphatic carbocycles. The van der Waals surface area contributed by atoms with Gasteiger partial charge < -0.3 is 18.8 Å². The van der Waals surface area contributed by atoms with Crippen LogP contribution in [0.4, 0.5) is 0 Å². The maximum Gasteiger partial charge on any atom is 0.134 e. The molecule has 4 heteroatoms. The monoisotopic (exact) mass is 329 g/mol.